The largest absolute Gasteiger partial charge is 0.726 e. The third-order valence-corrected chi connectivity index (χ3v) is 12.5. The molecule has 0 unspecified atom stereocenters. The Morgan fingerprint density at radius 2 is 1.58 bits per heavy atom. The van der Waals surface area contributed by atoms with Crippen molar-refractivity contribution in [2.45, 2.75) is 75.5 Å². The monoisotopic (exact) mass is 803 g/mol. The van der Waals surface area contributed by atoms with E-state index in [1.807, 2.05) is 18.2 Å². The van der Waals surface area contributed by atoms with E-state index in [4.69, 9.17) is 4.18 Å². The van der Waals surface area contributed by atoms with Crippen molar-refractivity contribution < 1.29 is 40.5 Å². The van der Waals surface area contributed by atoms with Gasteiger partial charge < -0.3 is 14.7 Å². The molecule has 292 valence electrons. The van der Waals surface area contributed by atoms with Crippen molar-refractivity contribution in [3.05, 3.63) is 136 Å². The van der Waals surface area contributed by atoms with Crippen LogP contribution in [0.2, 0.25) is 0 Å². The quantitative estimate of drug-likeness (QED) is 0.0248. The highest BCUT2D eigenvalue weighted by molar-refractivity contribution is 8.03. The maximum Gasteiger partial charge on any atom is 0.217 e. The standard InChI is InChI=1S/C42H48N2O8S3/c1-41(2)34-19-8-10-21-36(34)43(27-13-29-49-54-52-51-45)38(41)25-23-31-15-12-16-32(40(31)53-33-17-6-5-7-18-33)24-26-39-42(3,4)35-20-9-11-22-37(35)44(39)28-14-30-50-55(46,47)48/h5-11,17-26H,12-16,27-30H2,1-4H3,(H-,45,46,47,48)/p-1. The zero-order valence-electron chi connectivity index (χ0n) is 31.6. The molecule has 3 aromatic carbocycles. The van der Waals surface area contributed by atoms with Gasteiger partial charge in [-0.1, -0.05) is 92.4 Å². The van der Waals surface area contributed by atoms with Crippen LogP contribution in [0.15, 0.2) is 130 Å². The van der Waals surface area contributed by atoms with Crippen LogP contribution in [0, 0.1) is 0 Å². The number of para-hydroxylation sites is 2. The molecule has 0 amide bonds. The Morgan fingerprint density at radius 3 is 2.35 bits per heavy atom. The minimum atomic E-state index is -4.75. The highest BCUT2D eigenvalue weighted by atomic mass is 32.3. The molecule has 0 atom stereocenters. The number of anilines is 1. The number of hydrogen-bond acceptors (Lipinski definition) is 11. The lowest BCUT2D eigenvalue weighted by Crippen LogP contribution is -2.28. The van der Waals surface area contributed by atoms with E-state index in [2.05, 4.69) is 136 Å². The Hall–Kier alpha value is -3.50. The second-order valence-corrected chi connectivity index (χ2v) is 17.3. The molecule has 0 spiro atoms. The molecule has 0 saturated carbocycles. The van der Waals surface area contributed by atoms with Crippen LogP contribution in [-0.2, 0) is 39.0 Å². The Morgan fingerprint density at radius 1 is 0.855 bits per heavy atom. The summed E-state index contributed by atoms with van der Waals surface area (Å²) in [6, 6.07) is 27.3. The van der Waals surface area contributed by atoms with Crippen molar-refractivity contribution in [3.63, 3.8) is 0 Å². The highest BCUT2D eigenvalue weighted by Crippen LogP contribution is 2.48. The van der Waals surface area contributed by atoms with Gasteiger partial charge in [0.1, 0.15) is 0 Å². The van der Waals surface area contributed by atoms with E-state index >= 15 is 0 Å². The molecule has 0 bridgehead atoms. The van der Waals surface area contributed by atoms with Crippen LogP contribution in [0.5, 0.6) is 0 Å². The number of rotatable bonds is 17. The summed E-state index contributed by atoms with van der Waals surface area (Å²) in [4.78, 5) is 4.63. The second-order valence-electron chi connectivity index (χ2n) is 14.6. The Bertz CT molecular complexity index is 2110. The lowest BCUT2D eigenvalue weighted by Gasteiger charge is -2.27. The lowest BCUT2D eigenvalue weighted by atomic mass is 9.81. The normalized spacial score (nSPS) is 19.3. The first kappa shape index (κ1) is 41.1. The van der Waals surface area contributed by atoms with Gasteiger partial charge in [0.2, 0.25) is 16.1 Å². The van der Waals surface area contributed by atoms with E-state index in [0.717, 1.165) is 37.2 Å². The van der Waals surface area contributed by atoms with Gasteiger partial charge in [0.25, 0.3) is 0 Å². The lowest BCUT2D eigenvalue weighted by molar-refractivity contribution is -0.777. The van der Waals surface area contributed by atoms with Crippen LogP contribution in [0.4, 0.5) is 11.4 Å². The molecule has 6 rings (SSSR count). The molecule has 0 fully saturated rings. The zero-order valence-corrected chi connectivity index (χ0v) is 34.0. The Balaban J connectivity index is 1.37. The molecule has 1 aliphatic carbocycles. The highest BCUT2D eigenvalue weighted by Gasteiger charge is 2.44. The van der Waals surface area contributed by atoms with Gasteiger partial charge in [0.05, 0.1) is 18.6 Å². The molecule has 0 aromatic heterocycles. The average Bonchev–Trinajstić information content (AvgIpc) is 3.51. The van der Waals surface area contributed by atoms with E-state index in [-0.39, 0.29) is 17.4 Å². The number of benzene rings is 3. The fourth-order valence-electron chi connectivity index (χ4n) is 7.81. The van der Waals surface area contributed by atoms with E-state index in [9.17, 15) is 18.2 Å². The van der Waals surface area contributed by atoms with E-state index in [0.29, 0.717) is 38.3 Å². The van der Waals surface area contributed by atoms with Gasteiger partial charge in [-0.25, -0.2) is 8.42 Å². The maximum absolute atomic E-state index is 11.1. The number of hydrogen-bond donors (Lipinski definition) is 0. The smallest absolute Gasteiger partial charge is 0.217 e. The van der Waals surface area contributed by atoms with Gasteiger partial charge in [-0.2, -0.15) is 4.58 Å². The molecular weight excluding hydrogens is 757 g/mol. The summed E-state index contributed by atoms with van der Waals surface area (Å²) in [6.07, 6.45) is 13.0. The van der Waals surface area contributed by atoms with Crippen molar-refractivity contribution >= 4 is 51.6 Å². The molecule has 3 aromatic rings. The first-order valence-corrected chi connectivity index (χ1v) is 21.3. The van der Waals surface area contributed by atoms with E-state index in [1.54, 1.807) is 11.8 Å². The molecule has 0 N–H and O–H groups in total. The van der Waals surface area contributed by atoms with Crippen molar-refractivity contribution in [1.29, 1.82) is 0 Å². The van der Waals surface area contributed by atoms with Crippen molar-refractivity contribution in [3.8, 4) is 0 Å². The van der Waals surface area contributed by atoms with Crippen LogP contribution in [0.3, 0.4) is 0 Å². The third kappa shape index (κ3) is 9.73. The van der Waals surface area contributed by atoms with Crippen LogP contribution < -0.4 is 10.2 Å². The summed E-state index contributed by atoms with van der Waals surface area (Å²) >= 11 is 2.33. The third-order valence-electron chi connectivity index (χ3n) is 10.4. The molecule has 0 radical (unpaired) electrons. The van der Waals surface area contributed by atoms with Crippen molar-refractivity contribution in [2.24, 2.45) is 0 Å². The minimum Gasteiger partial charge on any atom is -0.726 e. The number of fused-ring (bicyclic) bond motifs is 2. The molecule has 2 heterocycles. The molecule has 3 aliphatic rings. The van der Waals surface area contributed by atoms with E-state index < -0.39 is 10.4 Å². The number of allylic oxidation sites excluding steroid dienone is 7. The second kappa shape index (κ2) is 18.2. The van der Waals surface area contributed by atoms with Crippen LogP contribution in [0.1, 0.15) is 70.9 Å². The van der Waals surface area contributed by atoms with Gasteiger partial charge in [-0.15, -0.1) is 4.33 Å². The molecule has 0 saturated heterocycles. The maximum atomic E-state index is 11.1. The number of thioether (sulfide) groups is 1. The predicted molar refractivity (Wildman–Crippen MR) is 215 cm³/mol. The first-order chi connectivity index (χ1) is 26.4. The molecule has 55 heavy (non-hydrogen) atoms. The van der Waals surface area contributed by atoms with E-state index in [1.165, 1.54) is 43.5 Å². The Labute approximate surface area is 333 Å². The summed E-state index contributed by atoms with van der Waals surface area (Å²) < 4.78 is 49.8. The fourth-order valence-corrected chi connectivity index (χ4v) is 9.51. The first-order valence-electron chi connectivity index (χ1n) is 18.4. The van der Waals surface area contributed by atoms with Gasteiger partial charge in [-0.05, 0) is 80.5 Å². The number of nitrogens with zero attached hydrogens (tertiary/aromatic N) is 2. The summed E-state index contributed by atoms with van der Waals surface area (Å²) in [5.74, 6) is 0. The molecular formula is C42H47N2O8S3-. The SMILES string of the molecule is CC1(C)C(/C=C/C2=C(Sc3ccccc3)C(=C/C=C3/N(CCCOS(=O)(=O)[O-])c4ccccc4C3(C)C)/CCC2)=[N+](CCCOSOO[O-])c2ccccc21. The predicted octanol–water partition coefficient (Wildman–Crippen LogP) is 8.52. The summed E-state index contributed by atoms with van der Waals surface area (Å²) in [5, 5.41) is 13.5. The summed E-state index contributed by atoms with van der Waals surface area (Å²) in [6.45, 7) is 10.4. The molecule has 10 nitrogen and oxygen atoms in total. The van der Waals surface area contributed by atoms with Crippen molar-refractivity contribution in [1.82, 2.24) is 0 Å². The summed E-state index contributed by atoms with van der Waals surface area (Å²) in [7, 11) is -4.75. The molecule has 13 heteroatoms. The fraction of sp³-hybridized carbons (Fsp3) is 0.357. The topological polar surface area (TPSA) is 123 Å². The van der Waals surface area contributed by atoms with Crippen LogP contribution in [-0.4, -0.2) is 49.6 Å². The molecule has 2 aliphatic heterocycles. The summed E-state index contributed by atoms with van der Waals surface area (Å²) in [5.41, 5.74) is 9.00. The van der Waals surface area contributed by atoms with Gasteiger partial charge in [0.15, 0.2) is 24.6 Å². The van der Waals surface area contributed by atoms with Gasteiger partial charge in [0, 0.05) is 57.3 Å². The zero-order chi connectivity index (χ0) is 39.1. The van der Waals surface area contributed by atoms with Crippen LogP contribution in [0.25, 0.3) is 0 Å². The van der Waals surface area contributed by atoms with Gasteiger partial charge >= 0.3 is 0 Å². The van der Waals surface area contributed by atoms with Crippen molar-refractivity contribution in [2.75, 3.05) is 31.2 Å². The van der Waals surface area contributed by atoms with Gasteiger partial charge in [-0.3, -0.25) is 13.4 Å². The average molecular weight is 804 g/mol. The minimum absolute atomic E-state index is 0.173. The van der Waals surface area contributed by atoms with Crippen LogP contribution >= 0.6 is 24.1 Å². The Kier molecular flexibility index (Phi) is 13.6.